The van der Waals surface area contributed by atoms with Gasteiger partial charge in [0.15, 0.2) is 0 Å². The molecule has 0 aliphatic rings. The molecule has 1 N–H and O–H groups in total. The molecule has 1 aromatic heterocycles. The van der Waals surface area contributed by atoms with Crippen molar-refractivity contribution in [3.05, 3.63) is 17.0 Å². The van der Waals surface area contributed by atoms with Gasteiger partial charge < -0.3 is 10.2 Å². The summed E-state index contributed by atoms with van der Waals surface area (Å²) >= 11 is 5.97. The monoisotopic (exact) mass is 256 g/mol. The van der Waals surface area contributed by atoms with E-state index < -0.39 is 0 Å². The molecule has 1 aromatic rings. The van der Waals surface area contributed by atoms with Crippen LogP contribution in [-0.4, -0.2) is 42.1 Å². The second kappa shape index (κ2) is 6.77. The van der Waals surface area contributed by atoms with E-state index in [0.717, 1.165) is 31.2 Å². The van der Waals surface area contributed by atoms with Crippen molar-refractivity contribution >= 4 is 17.4 Å². The molecule has 0 unspecified atom stereocenters. The standard InChI is InChI=1S/C12H21ClN4/c1-9(2)7-12-15-10(13)8-11(16-12)14-5-6-17(3)4/h8-9H,5-7H2,1-4H3,(H,14,15,16). The maximum Gasteiger partial charge on any atom is 0.134 e. The van der Waals surface area contributed by atoms with E-state index in [0.29, 0.717) is 11.1 Å². The molecular weight excluding hydrogens is 236 g/mol. The molecule has 1 rings (SSSR count). The van der Waals surface area contributed by atoms with Gasteiger partial charge in [-0.1, -0.05) is 25.4 Å². The molecule has 0 radical (unpaired) electrons. The quantitative estimate of drug-likeness (QED) is 0.793. The van der Waals surface area contributed by atoms with E-state index in [2.05, 4.69) is 34.0 Å². The minimum atomic E-state index is 0.503. The van der Waals surface area contributed by atoms with Crippen LogP contribution >= 0.6 is 11.6 Å². The molecule has 4 nitrogen and oxygen atoms in total. The molecule has 0 bridgehead atoms. The molecule has 0 spiro atoms. The number of hydrogen-bond acceptors (Lipinski definition) is 4. The third-order valence-electron chi connectivity index (χ3n) is 2.20. The second-order valence-electron chi connectivity index (χ2n) is 4.82. The molecule has 0 saturated heterocycles. The highest BCUT2D eigenvalue weighted by molar-refractivity contribution is 6.29. The lowest BCUT2D eigenvalue weighted by Crippen LogP contribution is -2.21. The van der Waals surface area contributed by atoms with Crippen LogP contribution in [0.25, 0.3) is 0 Å². The summed E-state index contributed by atoms with van der Waals surface area (Å²) in [7, 11) is 4.08. The van der Waals surface area contributed by atoms with Gasteiger partial charge in [0.1, 0.15) is 16.8 Å². The van der Waals surface area contributed by atoms with Crippen molar-refractivity contribution in [3.63, 3.8) is 0 Å². The first-order chi connectivity index (χ1) is 7.97. The molecule has 1 heterocycles. The van der Waals surface area contributed by atoms with Crippen molar-refractivity contribution in [2.24, 2.45) is 5.92 Å². The van der Waals surface area contributed by atoms with Crippen molar-refractivity contribution in [3.8, 4) is 0 Å². The molecule has 0 aliphatic carbocycles. The predicted molar refractivity (Wildman–Crippen MR) is 72.6 cm³/mol. The van der Waals surface area contributed by atoms with Crippen LogP contribution in [0.15, 0.2) is 6.07 Å². The molecule has 96 valence electrons. The van der Waals surface area contributed by atoms with E-state index in [4.69, 9.17) is 11.6 Å². The third kappa shape index (κ3) is 5.84. The molecule has 0 aliphatic heterocycles. The summed E-state index contributed by atoms with van der Waals surface area (Å²) < 4.78 is 0. The van der Waals surface area contributed by atoms with E-state index in [1.165, 1.54) is 0 Å². The van der Waals surface area contributed by atoms with Crippen molar-refractivity contribution < 1.29 is 0 Å². The van der Waals surface area contributed by atoms with Crippen LogP contribution in [0.2, 0.25) is 5.15 Å². The first-order valence-corrected chi connectivity index (χ1v) is 6.27. The lowest BCUT2D eigenvalue weighted by Gasteiger charge is -2.12. The number of nitrogens with zero attached hydrogens (tertiary/aromatic N) is 3. The summed E-state index contributed by atoms with van der Waals surface area (Å²) in [5.74, 6) is 2.14. The molecule has 5 heteroatoms. The van der Waals surface area contributed by atoms with E-state index in [1.54, 1.807) is 6.07 Å². The van der Waals surface area contributed by atoms with Crippen LogP contribution in [-0.2, 0) is 6.42 Å². The van der Waals surface area contributed by atoms with Gasteiger partial charge in [0.2, 0.25) is 0 Å². The Morgan fingerprint density at radius 1 is 1.35 bits per heavy atom. The summed E-state index contributed by atoms with van der Waals surface area (Å²) in [6.07, 6.45) is 0.850. The van der Waals surface area contributed by atoms with Gasteiger partial charge in [0.05, 0.1) is 0 Å². The van der Waals surface area contributed by atoms with Gasteiger partial charge in [-0.05, 0) is 20.0 Å². The van der Waals surface area contributed by atoms with Crippen molar-refractivity contribution in [1.29, 1.82) is 0 Å². The van der Waals surface area contributed by atoms with E-state index in [9.17, 15) is 0 Å². The van der Waals surface area contributed by atoms with Crippen LogP contribution in [0.5, 0.6) is 0 Å². The highest BCUT2D eigenvalue weighted by Gasteiger charge is 2.05. The Labute approximate surface area is 108 Å². The Morgan fingerprint density at radius 2 is 2.06 bits per heavy atom. The number of nitrogens with one attached hydrogen (secondary N) is 1. The summed E-state index contributed by atoms with van der Waals surface area (Å²) in [5, 5.41) is 3.76. The fourth-order valence-corrected chi connectivity index (χ4v) is 1.62. The van der Waals surface area contributed by atoms with Gasteiger partial charge in [-0.2, -0.15) is 0 Å². The maximum atomic E-state index is 5.97. The average molecular weight is 257 g/mol. The minimum absolute atomic E-state index is 0.503. The number of rotatable bonds is 6. The molecule has 17 heavy (non-hydrogen) atoms. The van der Waals surface area contributed by atoms with Gasteiger partial charge in [-0.25, -0.2) is 9.97 Å². The maximum absolute atomic E-state index is 5.97. The second-order valence-corrected chi connectivity index (χ2v) is 5.21. The van der Waals surface area contributed by atoms with Crippen LogP contribution in [0.3, 0.4) is 0 Å². The average Bonchev–Trinajstić information content (AvgIpc) is 2.14. The Hall–Kier alpha value is -0.870. The molecule has 0 aromatic carbocycles. The third-order valence-corrected chi connectivity index (χ3v) is 2.39. The minimum Gasteiger partial charge on any atom is -0.369 e. The molecule has 0 saturated carbocycles. The first kappa shape index (κ1) is 14.2. The van der Waals surface area contributed by atoms with Crippen LogP contribution in [0.1, 0.15) is 19.7 Å². The van der Waals surface area contributed by atoms with Gasteiger partial charge in [0.25, 0.3) is 0 Å². The predicted octanol–water partition coefficient (Wildman–Crippen LogP) is 2.30. The zero-order valence-electron chi connectivity index (χ0n) is 11.0. The lowest BCUT2D eigenvalue weighted by atomic mass is 10.1. The van der Waals surface area contributed by atoms with E-state index in [1.807, 2.05) is 14.1 Å². The van der Waals surface area contributed by atoms with Gasteiger partial charge >= 0.3 is 0 Å². The van der Waals surface area contributed by atoms with E-state index >= 15 is 0 Å². The topological polar surface area (TPSA) is 41.1 Å². The van der Waals surface area contributed by atoms with Crippen molar-refractivity contribution in [1.82, 2.24) is 14.9 Å². The number of anilines is 1. The number of aromatic nitrogens is 2. The lowest BCUT2D eigenvalue weighted by molar-refractivity contribution is 0.425. The van der Waals surface area contributed by atoms with Crippen LogP contribution < -0.4 is 5.32 Å². The van der Waals surface area contributed by atoms with Gasteiger partial charge in [-0.15, -0.1) is 0 Å². The number of likely N-dealkylation sites (N-methyl/N-ethyl adjacent to an activating group) is 1. The van der Waals surface area contributed by atoms with Crippen molar-refractivity contribution in [2.75, 3.05) is 32.5 Å². The Kier molecular flexibility index (Phi) is 5.65. The van der Waals surface area contributed by atoms with Gasteiger partial charge in [0, 0.05) is 25.6 Å². The fraction of sp³-hybridized carbons (Fsp3) is 0.667. The molecule has 0 atom stereocenters. The summed E-state index contributed by atoms with van der Waals surface area (Å²) in [4.78, 5) is 10.8. The van der Waals surface area contributed by atoms with Crippen LogP contribution in [0.4, 0.5) is 5.82 Å². The zero-order valence-corrected chi connectivity index (χ0v) is 11.8. The molecule has 0 amide bonds. The highest BCUT2D eigenvalue weighted by atomic mass is 35.5. The SMILES string of the molecule is CC(C)Cc1nc(Cl)cc(NCCN(C)C)n1. The Balaban J connectivity index is 2.62. The molecule has 0 fully saturated rings. The highest BCUT2D eigenvalue weighted by Crippen LogP contribution is 2.13. The first-order valence-electron chi connectivity index (χ1n) is 5.89. The number of hydrogen-bond donors (Lipinski definition) is 1. The smallest absolute Gasteiger partial charge is 0.134 e. The fourth-order valence-electron chi connectivity index (χ4n) is 1.42. The Bertz CT molecular complexity index is 352. The normalized spacial score (nSPS) is 11.2. The number of halogens is 1. The zero-order chi connectivity index (χ0) is 12.8. The van der Waals surface area contributed by atoms with Crippen LogP contribution in [0, 0.1) is 5.92 Å². The van der Waals surface area contributed by atoms with E-state index in [-0.39, 0.29) is 0 Å². The van der Waals surface area contributed by atoms with Crippen molar-refractivity contribution in [2.45, 2.75) is 20.3 Å². The summed E-state index contributed by atoms with van der Waals surface area (Å²) in [6.45, 7) is 6.09. The Morgan fingerprint density at radius 3 is 2.65 bits per heavy atom. The molecular formula is C12H21ClN4. The van der Waals surface area contributed by atoms with Gasteiger partial charge in [-0.3, -0.25) is 0 Å². The summed E-state index contributed by atoms with van der Waals surface area (Å²) in [6, 6.07) is 1.76. The summed E-state index contributed by atoms with van der Waals surface area (Å²) in [5.41, 5.74) is 0. The largest absolute Gasteiger partial charge is 0.369 e.